The van der Waals surface area contributed by atoms with Crippen molar-refractivity contribution >= 4 is 0 Å². The average Bonchev–Trinajstić information content (AvgIpc) is 2.30. The van der Waals surface area contributed by atoms with E-state index in [-0.39, 0.29) is 0 Å². The highest BCUT2D eigenvalue weighted by Crippen LogP contribution is 2.10. The molecule has 0 aliphatic carbocycles. The van der Waals surface area contributed by atoms with E-state index in [1.54, 1.807) is 0 Å². The summed E-state index contributed by atoms with van der Waals surface area (Å²) in [5, 5.41) is 3.45. The highest BCUT2D eigenvalue weighted by molar-refractivity contribution is 4.74. The standard InChI is InChI=1S/C14H33N3/c1-7-15-12-13(3)14(4)17(8-2)11-9-10-16(5)6/h13-15H,7-12H2,1-6H3. The van der Waals surface area contributed by atoms with Crippen LogP contribution in [-0.2, 0) is 0 Å². The van der Waals surface area contributed by atoms with Crippen LogP contribution in [0.2, 0.25) is 0 Å². The van der Waals surface area contributed by atoms with Gasteiger partial charge in [-0.15, -0.1) is 0 Å². The summed E-state index contributed by atoms with van der Waals surface area (Å²) in [6, 6.07) is 0.668. The van der Waals surface area contributed by atoms with Gasteiger partial charge in [-0.25, -0.2) is 0 Å². The molecule has 0 rings (SSSR count). The van der Waals surface area contributed by atoms with E-state index in [9.17, 15) is 0 Å². The predicted octanol–water partition coefficient (Wildman–Crippen LogP) is 1.89. The van der Waals surface area contributed by atoms with Crippen LogP contribution in [0.15, 0.2) is 0 Å². The molecule has 0 saturated heterocycles. The van der Waals surface area contributed by atoms with E-state index >= 15 is 0 Å². The second kappa shape index (κ2) is 9.86. The number of hydrogen-bond acceptors (Lipinski definition) is 3. The zero-order chi connectivity index (χ0) is 13.3. The first-order valence-corrected chi connectivity index (χ1v) is 7.12. The van der Waals surface area contributed by atoms with E-state index < -0.39 is 0 Å². The second-order valence-corrected chi connectivity index (χ2v) is 5.31. The molecule has 0 aromatic heterocycles. The molecule has 0 heterocycles. The van der Waals surface area contributed by atoms with Crippen molar-refractivity contribution in [2.45, 2.75) is 40.2 Å². The first-order chi connectivity index (χ1) is 8.02. The second-order valence-electron chi connectivity index (χ2n) is 5.31. The van der Waals surface area contributed by atoms with Crippen molar-refractivity contribution in [2.75, 3.05) is 46.8 Å². The molecule has 1 N–H and O–H groups in total. The topological polar surface area (TPSA) is 18.5 Å². The number of rotatable bonds is 10. The van der Waals surface area contributed by atoms with Gasteiger partial charge in [-0.3, -0.25) is 0 Å². The molecule has 0 aromatic rings. The van der Waals surface area contributed by atoms with E-state index in [1.807, 2.05) is 0 Å². The Labute approximate surface area is 109 Å². The molecule has 2 unspecified atom stereocenters. The fourth-order valence-electron chi connectivity index (χ4n) is 2.14. The molecule has 0 radical (unpaired) electrons. The van der Waals surface area contributed by atoms with Gasteiger partial charge >= 0.3 is 0 Å². The van der Waals surface area contributed by atoms with Gasteiger partial charge in [-0.1, -0.05) is 20.8 Å². The number of nitrogens with one attached hydrogen (secondary N) is 1. The maximum Gasteiger partial charge on any atom is 0.0105 e. The van der Waals surface area contributed by atoms with E-state index in [1.165, 1.54) is 19.5 Å². The first-order valence-electron chi connectivity index (χ1n) is 7.12. The lowest BCUT2D eigenvalue weighted by molar-refractivity contribution is 0.161. The van der Waals surface area contributed by atoms with Gasteiger partial charge in [-0.2, -0.15) is 0 Å². The van der Waals surface area contributed by atoms with Crippen molar-refractivity contribution in [3.8, 4) is 0 Å². The van der Waals surface area contributed by atoms with E-state index in [0.717, 1.165) is 19.6 Å². The summed E-state index contributed by atoms with van der Waals surface area (Å²) >= 11 is 0. The molecule has 0 aromatic carbocycles. The fraction of sp³-hybridized carbons (Fsp3) is 1.00. The first kappa shape index (κ1) is 16.9. The van der Waals surface area contributed by atoms with Crippen molar-refractivity contribution < 1.29 is 0 Å². The van der Waals surface area contributed by atoms with Gasteiger partial charge < -0.3 is 15.1 Å². The van der Waals surface area contributed by atoms with E-state index in [4.69, 9.17) is 0 Å². The molecular formula is C14H33N3. The van der Waals surface area contributed by atoms with Gasteiger partial charge in [0.05, 0.1) is 0 Å². The van der Waals surface area contributed by atoms with Gasteiger partial charge in [0.2, 0.25) is 0 Å². The molecular weight excluding hydrogens is 210 g/mol. The third-order valence-electron chi connectivity index (χ3n) is 3.57. The molecule has 3 heteroatoms. The van der Waals surface area contributed by atoms with E-state index in [0.29, 0.717) is 12.0 Å². The Morgan fingerprint density at radius 3 is 2.18 bits per heavy atom. The Balaban J connectivity index is 3.96. The minimum atomic E-state index is 0.668. The van der Waals surface area contributed by atoms with Gasteiger partial charge in [0.1, 0.15) is 0 Å². The largest absolute Gasteiger partial charge is 0.317 e. The molecule has 0 aliphatic rings. The lowest BCUT2D eigenvalue weighted by Gasteiger charge is -2.32. The fourth-order valence-corrected chi connectivity index (χ4v) is 2.14. The smallest absolute Gasteiger partial charge is 0.0105 e. The molecule has 3 nitrogen and oxygen atoms in total. The Morgan fingerprint density at radius 1 is 1.06 bits per heavy atom. The highest BCUT2D eigenvalue weighted by atomic mass is 15.2. The highest BCUT2D eigenvalue weighted by Gasteiger charge is 2.17. The maximum absolute atomic E-state index is 3.45. The Kier molecular flexibility index (Phi) is 9.79. The molecule has 0 spiro atoms. The molecule has 0 fully saturated rings. The zero-order valence-electron chi connectivity index (χ0n) is 12.8. The van der Waals surface area contributed by atoms with Crippen LogP contribution in [0.25, 0.3) is 0 Å². The molecule has 104 valence electrons. The van der Waals surface area contributed by atoms with Gasteiger partial charge in [0, 0.05) is 6.04 Å². The average molecular weight is 243 g/mol. The summed E-state index contributed by atoms with van der Waals surface area (Å²) < 4.78 is 0. The summed E-state index contributed by atoms with van der Waals surface area (Å²) in [5.41, 5.74) is 0. The monoisotopic (exact) mass is 243 g/mol. The van der Waals surface area contributed by atoms with Crippen LogP contribution in [0, 0.1) is 5.92 Å². The molecule has 0 amide bonds. The Bertz CT molecular complexity index is 171. The third-order valence-corrected chi connectivity index (χ3v) is 3.57. The quantitative estimate of drug-likeness (QED) is 0.632. The molecule has 0 aliphatic heterocycles. The Hall–Kier alpha value is -0.120. The van der Waals surface area contributed by atoms with Crippen LogP contribution in [0.4, 0.5) is 0 Å². The lowest BCUT2D eigenvalue weighted by atomic mass is 10.0. The number of hydrogen-bond donors (Lipinski definition) is 1. The summed E-state index contributed by atoms with van der Waals surface area (Å²) in [6.45, 7) is 14.9. The molecule has 0 bridgehead atoms. The zero-order valence-corrected chi connectivity index (χ0v) is 12.8. The lowest BCUT2D eigenvalue weighted by Crippen LogP contribution is -2.42. The minimum absolute atomic E-state index is 0.668. The summed E-state index contributed by atoms with van der Waals surface area (Å²) in [5.74, 6) is 0.717. The van der Waals surface area contributed by atoms with Crippen molar-refractivity contribution in [1.29, 1.82) is 0 Å². The predicted molar refractivity (Wildman–Crippen MR) is 77.6 cm³/mol. The van der Waals surface area contributed by atoms with Crippen molar-refractivity contribution in [3.05, 3.63) is 0 Å². The van der Waals surface area contributed by atoms with Crippen LogP contribution in [0.5, 0.6) is 0 Å². The summed E-state index contributed by atoms with van der Waals surface area (Å²) in [7, 11) is 4.29. The van der Waals surface area contributed by atoms with Crippen LogP contribution < -0.4 is 5.32 Å². The van der Waals surface area contributed by atoms with Crippen molar-refractivity contribution in [2.24, 2.45) is 5.92 Å². The number of nitrogens with zero attached hydrogens (tertiary/aromatic N) is 2. The van der Waals surface area contributed by atoms with Gasteiger partial charge in [0.25, 0.3) is 0 Å². The van der Waals surface area contributed by atoms with Crippen molar-refractivity contribution in [3.63, 3.8) is 0 Å². The minimum Gasteiger partial charge on any atom is -0.317 e. The maximum atomic E-state index is 3.45. The van der Waals surface area contributed by atoms with Crippen LogP contribution in [-0.4, -0.2) is 62.7 Å². The molecule has 2 atom stereocenters. The van der Waals surface area contributed by atoms with E-state index in [2.05, 4.69) is 56.9 Å². The van der Waals surface area contributed by atoms with Crippen LogP contribution in [0.1, 0.15) is 34.1 Å². The van der Waals surface area contributed by atoms with Crippen molar-refractivity contribution in [1.82, 2.24) is 15.1 Å². The summed E-state index contributed by atoms with van der Waals surface area (Å²) in [4.78, 5) is 4.87. The van der Waals surface area contributed by atoms with Gasteiger partial charge in [-0.05, 0) is 66.1 Å². The van der Waals surface area contributed by atoms with Crippen LogP contribution >= 0.6 is 0 Å². The normalized spacial score (nSPS) is 15.5. The van der Waals surface area contributed by atoms with Gasteiger partial charge in [0.15, 0.2) is 0 Å². The molecule has 17 heavy (non-hydrogen) atoms. The SMILES string of the molecule is CCNCC(C)C(C)N(CC)CCCN(C)C. The third kappa shape index (κ3) is 7.74. The summed E-state index contributed by atoms with van der Waals surface area (Å²) in [6.07, 6.45) is 1.26. The molecule has 0 saturated carbocycles. The van der Waals surface area contributed by atoms with Crippen LogP contribution in [0.3, 0.4) is 0 Å². The Morgan fingerprint density at radius 2 is 1.71 bits per heavy atom.